The zero-order valence-corrected chi connectivity index (χ0v) is 9.97. The second-order valence-electron chi connectivity index (χ2n) is 3.73. The van der Waals surface area contributed by atoms with Crippen molar-refractivity contribution in [2.24, 2.45) is 5.73 Å². The molecule has 0 unspecified atom stereocenters. The molecule has 1 heterocycles. The van der Waals surface area contributed by atoms with Gasteiger partial charge in [-0.15, -0.1) is 0 Å². The Bertz CT molecular complexity index is 583. The van der Waals surface area contributed by atoms with Crippen LogP contribution in [0.3, 0.4) is 0 Å². The lowest BCUT2D eigenvalue weighted by Crippen LogP contribution is -2.20. The van der Waals surface area contributed by atoms with E-state index in [0.29, 0.717) is 11.3 Å². The Balaban J connectivity index is 2.20. The molecule has 0 fully saturated rings. The minimum atomic E-state index is -0.472. The molecule has 0 atom stereocenters. The topological polar surface area (TPSA) is 101 Å². The van der Waals surface area contributed by atoms with Gasteiger partial charge in [-0.2, -0.15) is 0 Å². The summed E-state index contributed by atoms with van der Waals surface area (Å²) in [6.07, 6.45) is -0.0719. The first kappa shape index (κ1) is 12.2. The van der Waals surface area contributed by atoms with E-state index in [0.717, 1.165) is 0 Å². The molecule has 1 aromatic carbocycles. The molecule has 18 heavy (non-hydrogen) atoms. The van der Waals surface area contributed by atoms with Crippen LogP contribution >= 0.6 is 12.2 Å². The normalized spacial score (nSPS) is 12.9. The molecule has 7 heteroatoms. The number of benzene rings is 1. The van der Waals surface area contributed by atoms with E-state index in [1.807, 2.05) is 0 Å². The number of carbonyl (C=O) groups is 3. The molecule has 0 bridgehead atoms. The number of imide groups is 1. The van der Waals surface area contributed by atoms with Gasteiger partial charge in [-0.3, -0.25) is 19.7 Å². The van der Waals surface area contributed by atoms with Crippen LogP contribution in [0.25, 0.3) is 0 Å². The summed E-state index contributed by atoms with van der Waals surface area (Å²) in [4.78, 5) is 34.2. The van der Waals surface area contributed by atoms with Gasteiger partial charge in [0.2, 0.25) is 5.91 Å². The molecule has 4 N–H and O–H groups in total. The highest BCUT2D eigenvalue weighted by Crippen LogP contribution is 2.20. The van der Waals surface area contributed by atoms with Crippen LogP contribution in [0.4, 0.5) is 5.69 Å². The lowest BCUT2D eigenvalue weighted by Gasteiger charge is -2.05. The maximum Gasteiger partial charge on any atom is 0.259 e. The van der Waals surface area contributed by atoms with E-state index in [9.17, 15) is 14.4 Å². The molecular formula is C11H9N3O3S. The summed E-state index contributed by atoms with van der Waals surface area (Å²) in [6, 6.07) is 4.45. The van der Waals surface area contributed by atoms with Crippen molar-refractivity contribution in [1.82, 2.24) is 5.32 Å². The summed E-state index contributed by atoms with van der Waals surface area (Å²) in [5, 5.41) is 4.70. The van der Waals surface area contributed by atoms with Crippen LogP contribution in [-0.4, -0.2) is 22.7 Å². The number of hydrogen-bond donors (Lipinski definition) is 3. The van der Waals surface area contributed by atoms with Gasteiger partial charge in [0.1, 0.15) is 0 Å². The maximum absolute atomic E-state index is 11.4. The highest BCUT2D eigenvalue weighted by molar-refractivity contribution is 7.80. The van der Waals surface area contributed by atoms with Gasteiger partial charge >= 0.3 is 0 Å². The molecule has 0 aliphatic carbocycles. The molecular weight excluding hydrogens is 254 g/mol. The van der Waals surface area contributed by atoms with Crippen molar-refractivity contribution in [2.75, 3.05) is 5.32 Å². The van der Waals surface area contributed by atoms with Gasteiger partial charge in [0.05, 0.1) is 22.5 Å². The van der Waals surface area contributed by atoms with Crippen LogP contribution in [0.2, 0.25) is 0 Å². The fourth-order valence-electron chi connectivity index (χ4n) is 1.61. The van der Waals surface area contributed by atoms with Crippen molar-refractivity contribution in [3.8, 4) is 0 Å². The number of carbonyl (C=O) groups excluding carboxylic acids is 3. The van der Waals surface area contributed by atoms with Crippen molar-refractivity contribution in [1.29, 1.82) is 0 Å². The van der Waals surface area contributed by atoms with Crippen molar-refractivity contribution in [3.05, 3.63) is 29.3 Å². The van der Waals surface area contributed by atoms with E-state index >= 15 is 0 Å². The first-order valence-corrected chi connectivity index (χ1v) is 5.46. The third kappa shape index (κ3) is 2.35. The molecule has 2 rings (SSSR count). The van der Waals surface area contributed by atoms with Gasteiger partial charge in [0, 0.05) is 5.69 Å². The van der Waals surface area contributed by atoms with E-state index in [1.54, 1.807) is 0 Å². The number of hydrogen-bond acceptors (Lipinski definition) is 4. The minimum Gasteiger partial charge on any atom is -0.393 e. The number of rotatable bonds is 3. The molecule has 3 amide bonds. The van der Waals surface area contributed by atoms with Gasteiger partial charge in [0.15, 0.2) is 0 Å². The van der Waals surface area contributed by atoms with Gasteiger partial charge in [-0.1, -0.05) is 12.2 Å². The van der Waals surface area contributed by atoms with Gasteiger partial charge in [0.25, 0.3) is 11.8 Å². The second kappa shape index (κ2) is 4.53. The van der Waals surface area contributed by atoms with Crippen LogP contribution in [0.15, 0.2) is 18.2 Å². The van der Waals surface area contributed by atoms with Crippen LogP contribution in [0.5, 0.6) is 0 Å². The van der Waals surface area contributed by atoms with Crippen molar-refractivity contribution < 1.29 is 14.4 Å². The predicted molar refractivity (Wildman–Crippen MR) is 68.3 cm³/mol. The van der Waals surface area contributed by atoms with Crippen LogP contribution in [0.1, 0.15) is 27.1 Å². The number of fused-ring (bicyclic) bond motifs is 1. The third-order valence-corrected chi connectivity index (χ3v) is 2.50. The Hall–Kier alpha value is -2.28. The molecule has 0 saturated carbocycles. The van der Waals surface area contributed by atoms with E-state index in [4.69, 9.17) is 5.73 Å². The molecule has 0 radical (unpaired) electrons. The molecule has 1 aromatic rings. The summed E-state index contributed by atoms with van der Waals surface area (Å²) in [7, 11) is 0. The molecule has 0 aromatic heterocycles. The first-order chi connectivity index (χ1) is 8.47. The van der Waals surface area contributed by atoms with Crippen molar-refractivity contribution in [2.45, 2.75) is 6.42 Å². The lowest BCUT2D eigenvalue weighted by atomic mass is 10.1. The van der Waals surface area contributed by atoms with E-state index in [-0.39, 0.29) is 22.9 Å². The molecule has 92 valence electrons. The van der Waals surface area contributed by atoms with Gasteiger partial charge < -0.3 is 11.1 Å². The average Bonchev–Trinajstić information content (AvgIpc) is 2.53. The van der Waals surface area contributed by atoms with E-state index < -0.39 is 11.8 Å². The number of nitrogens with two attached hydrogens (primary N) is 1. The maximum atomic E-state index is 11.4. The quantitative estimate of drug-likeness (QED) is 0.533. The number of thiocarbonyl (C=S) groups is 1. The minimum absolute atomic E-state index is 0.0719. The Morgan fingerprint density at radius 3 is 2.61 bits per heavy atom. The Morgan fingerprint density at radius 2 is 1.94 bits per heavy atom. The zero-order valence-electron chi connectivity index (χ0n) is 9.15. The summed E-state index contributed by atoms with van der Waals surface area (Å²) in [5.74, 6) is -1.27. The monoisotopic (exact) mass is 263 g/mol. The smallest absolute Gasteiger partial charge is 0.259 e. The van der Waals surface area contributed by atoms with Crippen LogP contribution < -0.4 is 16.4 Å². The summed E-state index contributed by atoms with van der Waals surface area (Å²) < 4.78 is 0. The Kier molecular flexibility index (Phi) is 3.07. The number of amides is 3. The molecule has 6 nitrogen and oxygen atoms in total. The largest absolute Gasteiger partial charge is 0.393 e. The van der Waals surface area contributed by atoms with Crippen molar-refractivity contribution in [3.63, 3.8) is 0 Å². The van der Waals surface area contributed by atoms with Crippen LogP contribution in [0, 0.1) is 0 Å². The Labute approximate surface area is 108 Å². The first-order valence-electron chi connectivity index (χ1n) is 5.05. The SMILES string of the molecule is NC(=S)CC(=O)Nc1ccc2c(c1)C(=O)NC2=O. The van der Waals surface area contributed by atoms with Gasteiger partial charge in [-0.05, 0) is 18.2 Å². The van der Waals surface area contributed by atoms with Gasteiger partial charge in [-0.25, -0.2) is 0 Å². The second-order valence-corrected chi connectivity index (χ2v) is 4.26. The highest BCUT2D eigenvalue weighted by atomic mass is 32.1. The molecule has 1 aliphatic heterocycles. The molecule has 1 aliphatic rings. The lowest BCUT2D eigenvalue weighted by molar-refractivity contribution is -0.115. The highest BCUT2D eigenvalue weighted by Gasteiger charge is 2.26. The van der Waals surface area contributed by atoms with Crippen molar-refractivity contribution >= 4 is 40.6 Å². The van der Waals surface area contributed by atoms with E-state index in [2.05, 4.69) is 22.9 Å². The number of anilines is 1. The zero-order chi connectivity index (χ0) is 13.3. The number of nitrogens with one attached hydrogen (secondary N) is 2. The summed E-state index contributed by atoms with van der Waals surface area (Å²) in [6.45, 7) is 0. The molecule has 0 saturated heterocycles. The standard InChI is InChI=1S/C11H9N3O3S/c12-8(18)4-9(15)13-5-1-2-6-7(3-5)11(17)14-10(6)16/h1-3H,4H2,(H2,12,18)(H,13,15)(H,14,16,17). The third-order valence-electron chi connectivity index (χ3n) is 2.35. The van der Waals surface area contributed by atoms with E-state index in [1.165, 1.54) is 18.2 Å². The fraction of sp³-hybridized carbons (Fsp3) is 0.0909. The molecule has 0 spiro atoms. The fourth-order valence-corrected chi connectivity index (χ4v) is 1.74. The average molecular weight is 263 g/mol. The summed E-state index contributed by atoms with van der Waals surface area (Å²) in [5.41, 5.74) is 6.20. The van der Waals surface area contributed by atoms with Crippen LogP contribution in [-0.2, 0) is 4.79 Å². The predicted octanol–water partition coefficient (Wildman–Crippen LogP) is 0.185. The Morgan fingerprint density at radius 1 is 1.28 bits per heavy atom. The summed E-state index contributed by atoms with van der Waals surface area (Å²) >= 11 is 4.61.